The van der Waals surface area contributed by atoms with Crippen LogP contribution in [0, 0.1) is 0 Å². The molecule has 0 bridgehead atoms. The van der Waals surface area contributed by atoms with E-state index in [1.54, 1.807) is 6.92 Å². The molecule has 78 valence electrons. The van der Waals surface area contributed by atoms with Crippen LogP contribution in [-0.4, -0.2) is 16.7 Å². The molecule has 0 aliphatic carbocycles. The summed E-state index contributed by atoms with van der Waals surface area (Å²) in [5.41, 5.74) is 5.92. The van der Waals surface area contributed by atoms with Crippen LogP contribution in [0.2, 0.25) is 0 Å². The topological polar surface area (TPSA) is 46.2 Å². The van der Waals surface area contributed by atoms with Crippen molar-refractivity contribution in [1.82, 2.24) is 0 Å². The Morgan fingerprint density at radius 2 is 2.07 bits per heavy atom. The molecular formula is C11H16BrNO. The predicted molar refractivity (Wildman–Crippen MR) is 62.1 cm³/mol. The lowest BCUT2D eigenvalue weighted by atomic mass is 9.91. The maximum Gasteiger partial charge on any atom is 0.0807 e. The van der Waals surface area contributed by atoms with Gasteiger partial charge in [0.2, 0.25) is 0 Å². The number of aliphatic hydroxyl groups is 1. The third-order valence-corrected chi connectivity index (χ3v) is 3.26. The number of halogens is 1. The molecule has 14 heavy (non-hydrogen) atoms. The summed E-state index contributed by atoms with van der Waals surface area (Å²) in [4.78, 5) is 0. The SMILES string of the molecule is CC(N)C(C)(O)Cc1ccccc1Br. The van der Waals surface area contributed by atoms with Gasteiger partial charge in [-0.15, -0.1) is 0 Å². The minimum Gasteiger partial charge on any atom is -0.388 e. The summed E-state index contributed by atoms with van der Waals surface area (Å²) in [7, 11) is 0. The van der Waals surface area contributed by atoms with Crippen molar-refractivity contribution in [2.24, 2.45) is 5.73 Å². The van der Waals surface area contributed by atoms with Crippen LogP contribution in [0.4, 0.5) is 0 Å². The highest BCUT2D eigenvalue weighted by atomic mass is 79.9. The van der Waals surface area contributed by atoms with Gasteiger partial charge in [-0.3, -0.25) is 0 Å². The molecule has 0 radical (unpaired) electrons. The third-order valence-electron chi connectivity index (χ3n) is 2.49. The zero-order valence-corrected chi connectivity index (χ0v) is 10.1. The smallest absolute Gasteiger partial charge is 0.0807 e. The van der Waals surface area contributed by atoms with Gasteiger partial charge >= 0.3 is 0 Å². The Kier molecular flexibility index (Phi) is 3.70. The van der Waals surface area contributed by atoms with Crippen molar-refractivity contribution in [3.63, 3.8) is 0 Å². The summed E-state index contributed by atoms with van der Waals surface area (Å²) in [6, 6.07) is 7.62. The Balaban J connectivity index is 2.84. The second-order valence-corrected chi connectivity index (χ2v) is 4.77. The first-order valence-electron chi connectivity index (χ1n) is 4.65. The van der Waals surface area contributed by atoms with E-state index in [2.05, 4.69) is 15.9 Å². The molecule has 0 saturated heterocycles. The summed E-state index contributed by atoms with van der Waals surface area (Å²) in [6.45, 7) is 3.58. The van der Waals surface area contributed by atoms with Crippen molar-refractivity contribution in [3.8, 4) is 0 Å². The number of hydrogen-bond donors (Lipinski definition) is 2. The van der Waals surface area contributed by atoms with E-state index >= 15 is 0 Å². The van der Waals surface area contributed by atoms with Crippen molar-refractivity contribution in [2.75, 3.05) is 0 Å². The van der Waals surface area contributed by atoms with E-state index < -0.39 is 5.60 Å². The number of rotatable bonds is 3. The highest BCUT2D eigenvalue weighted by Gasteiger charge is 2.26. The summed E-state index contributed by atoms with van der Waals surface area (Å²) in [5, 5.41) is 10.0. The van der Waals surface area contributed by atoms with Crippen LogP contribution in [0.5, 0.6) is 0 Å². The van der Waals surface area contributed by atoms with Crippen molar-refractivity contribution < 1.29 is 5.11 Å². The fourth-order valence-corrected chi connectivity index (χ4v) is 1.61. The quantitative estimate of drug-likeness (QED) is 0.872. The van der Waals surface area contributed by atoms with Gasteiger partial charge in [-0.05, 0) is 25.5 Å². The Morgan fingerprint density at radius 3 is 2.57 bits per heavy atom. The van der Waals surface area contributed by atoms with Gasteiger partial charge in [0.25, 0.3) is 0 Å². The van der Waals surface area contributed by atoms with Gasteiger partial charge in [0.15, 0.2) is 0 Å². The van der Waals surface area contributed by atoms with Crippen LogP contribution in [0.3, 0.4) is 0 Å². The molecule has 1 aromatic carbocycles. The molecule has 0 fully saturated rings. The average Bonchev–Trinajstić information content (AvgIpc) is 2.08. The van der Waals surface area contributed by atoms with Crippen LogP contribution < -0.4 is 5.73 Å². The standard InChI is InChI=1S/C11H16BrNO/c1-8(13)11(2,14)7-9-5-3-4-6-10(9)12/h3-6,8,14H,7,13H2,1-2H3. The minimum atomic E-state index is -0.857. The monoisotopic (exact) mass is 257 g/mol. The van der Waals surface area contributed by atoms with Crippen molar-refractivity contribution in [2.45, 2.75) is 31.9 Å². The fraction of sp³-hybridized carbons (Fsp3) is 0.455. The van der Waals surface area contributed by atoms with E-state index in [9.17, 15) is 5.11 Å². The van der Waals surface area contributed by atoms with E-state index in [1.165, 1.54) is 0 Å². The lowest BCUT2D eigenvalue weighted by Crippen LogP contribution is -2.45. The molecule has 1 rings (SSSR count). The first kappa shape index (κ1) is 11.7. The van der Waals surface area contributed by atoms with Gasteiger partial charge in [-0.25, -0.2) is 0 Å². The zero-order chi connectivity index (χ0) is 10.8. The molecule has 2 atom stereocenters. The highest BCUT2D eigenvalue weighted by Crippen LogP contribution is 2.22. The van der Waals surface area contributed by atoms with Gasteiger partial charge < -0.3 is 10.8 Å². The van der Waals surface area contributed by atoms with E-state index in [0.717, 1.165) is 10.0 Å². The van der Waals surface area contributed by atoms with Gasteiger partial charge in [0.1, 0.15) is 0 Å². The Bertz CT molecular complexity index is 310. The molecule has 0 aromatic heterocycles. The molecule has 0 aliphatic rings. The molecule has 0 spiro atoms. The molecule has 1 aromatic rings. The Morgan fingerprint density at radius 1 is 1.50 bits per heavy atom. The highest BCUT2D eigenvalue weighted by molar-refractivity contribution is 9.10. The van der Waals surface area contributed by atoms with Crippen molar-refractivity contribution >= 4 is 15.9 Å². The van der Waals surface area contributed by atoms with E-state index in [0.29, 0.717) is 6.42 Å². The summed E-state index contributed by atoms with van der Waals surface area (Å²) < 4.78 is 1.01. The number of benzene rings is 1. The van der Waals surface area contributed by atoms with Gasteiger partial charge in [-0.2, -0.15) is 0 Å². The molecule has 0 heterocycles. The van der Waals surface area contributed by atoms with Gasteiger partial charge in [-0.1, -0.05) is 34.1 Å². The molecule has 0 aliphatic heterocycles. The molecular weight excluding hydrogens is 242 g/mol. The lowest BCUT2D eigenvalue weighted by molar-refractivity contribution is 0.0387. The van der Waals surface area contributed by atoms with E-state index in [1.807, 2.05) is 31.2 Å². The summed E-state index contributed by atoms with van der Waals surface area (Å²) >= 11 is 3.45. The number of nitrogens with two attached hydrogens (primary N) is 1. The molecule has 0 saturated carbocycles. The van der Waals surface area contributed by atoms with E-state index in [4.69, 9.17) is 5.73 Å². The predicted octanol–water partition coefficient (Wildman–Crippen LogP) is 2.09. The van der Waals surface area contributed by atoms with Gasteiger partial charge in [0.05, 0.1) is 5.60 Å². The van der Waals surface area contributed by atoms with Crippen LogP contribution >= 0.6 is 15.9 Å². The van der Waals surface area contributed by atoms with Crippen LogP contribution in [0.1, 0.15) is 19.4 Å². The molecule has 0 amide bonds. The fourth-order valence-electron chi connectivity index (χ4n) is 1.19. The second kappa shape index (κ2) is 4.43. The molecule has 2 unspecified atom stereocenters. The minimum absolute atomic E-state index is 0.241. The van der Waals surface area contributed by atoms with E-state index in [-0.39, 0.29) is 6.04 Å². The first-order valence-corrected chi connectivity index (χ1v) is 5.44. The van der Waals surface area contributed by atoms with Crippen molar-refractivity contribution in [1.29, 1.82) is 0 Å². The van der Waals surface area contributed by atoms with Crippen LogP contribution in [-0.2, 0) is 6.42 Å². The molecule has 2 nitrogen and oxygen atoms in total. The average molecular weight is 258 g/mol. The maximum absolute atomic E-state index is 10.0. The molecule has 3 N–H and O–H groups in total. The van der Waals surface area contributed by atoms with Crippen LogP contribution in [0.25, 0.3) is 0 Å². The maximum atomic E-state index is 10.0. The number of hydrogen-bond acceptors (Lipinski definition) is 2. The second-order valence-electron chi connectivity index (χ2n) is 3.91. The molecule has 3 heteroatoms. The Labute approximate surface area is 93.3 Å². The zero-order valence-electron chi connectivity index (χ0n) is 8.50. The van der Waals surface area contributed by atoms with Crippen molar-refractivity contribution in [3.05, 3.63) is 34.3 Å². The van der Waals surface area contributed by atoms with Gasteiger partial charge in [0, 0.05) is 16.9 Å². The largest absolute Gasteiger partial charge is 0.388 e. The first-order chi connectivity index (χ1) is 6.43. The normalized spacial score (nSPS) is 17.5. The van der Waals surface area contributed by atoms with Crippen LogP contribution in [0.15, 0.2) is 28.7 Å². The summed E-state index contributed by atoms with van der Waals surface area (Å²) in [6.07, 6.45) is 0.562. The lowest BCUT2D eigenvalue weighted by Gasteiger charge is -2.27. The third kappa shape index (κ3) is 2.80. The Hall–Kier alpha value is -0.380. The summed E-state index contributed by atoms with van der Waals surface area (Å²) in [5.74, 6) is 0.